The summed E-state index contributed by atoms with van der Waals surface area (Å²) < 4.78 is 0. The molecule has 17 heavy (non-hydrogen) atoms. The zero-order valence-electron chi connectivity index (χ0n) is 10.6. The monoisotopic (exact) mass is 233 g/mol. The third kappa shape index (κ3) is 3.53. The van der Waals surface area contributed by atoms with Crippen LogP contribution in [0.3, 0.4) is 0 Å². The molecule has 1 saturated heterocycles. The molecule has 0 radical (unpaired) electrons. The van der Waals surface area contributed by atoms with Crippen molar-refractivity contribution in [3.63, 3.8) is 0 Å². The molecule has 1 aliphatic rings. The van der Waals surface area contributed by atoms with Gasteiger partial charge < -0.3 is 16.0 Å². The Morgan fingerprint density at radius 1 is 1.24 bits per heavy atom. The second-order valence-electron chi connectivity index (χ2n) is 4.96. The Hall–Kier alpha value is -0.900. The van der Waals surface area contributed by atoms with E-state index in [0.717, 1.165) is 32.7 Å². The lowest BCUT2D eigenvalue weighted by atomic mass is 9.95. The van der Waals surface area contributed by atoms with E-state index in [1.807, 2.05) is 6.07 Å². The molecule has 0 aliphatic carbocycles. The van der Waals surface area contributed by atoms with Gasteiger partial charge in [0.1, 0.15) is 0 Å². The van der Waals surface area contributed by atoms with Crippen molar-refractivity contribution in [1.29, 1.82) is 0 Å². The van der Waals surface area contributed by atoms with Crippen LogP contribution in [0.2, 0.25) is 0 Å². The van der Waals surface area contributed by atoms with E-state index in [1.54, 1.807) is 0 Å². The van der Waals surface area contributed by atoms with E-state index >= 15 is 0 Å². The second kappa shape index (κ2) is 6.15. The first-order chi connectivity index (χ1) is 8.27. The minimum absolute atomic E-state index is 0.145. The van der Waals surface area contributed by atoms with Gasteiger partial charge in [0.25, 0.3) is 0 Å². The highest BCUT2D eigenvalue weighted by Crippen LogP contribution is 2.19. The molecule has 0 spiro atoms. The summed E-state index contributed by atoms with van der Waals surface area (Å²) in [6.45, 7) is 7.84. The van der Waals surface area contributed by atoms with Crippen LogP contribution in [0.4, 0.5) is 0 Å². The molecule has 2 atom stereocenters. The van der Waals surface area contributed by atoms with Gasteiger partial charge in [0, 0.05) is 38.8 Å². The predicted molar refractivity (Wildman–Crippen MR) is 71.8 cm³/mol. The number of benzene rings is 1. The highest BCUT2D eigenvalue weighted by molar-refractivity contribution is 5.19. The van der Waals surface area contributed by atoms with E-state index in [0.29, 0.717) is 5.92 Å². The van der Waals surface area contributed by atoms with Crippen molar-refractivity contribution in [3.8, 4) is 0 Å². The van der Waals surface area contributed by atoms with E-state index in [-0.39, 0.29) is 6.04 Å². The standard InChI is InChI=1S/C14H23N3/c1-12(11-17-9-7-16-8-10-17)14(15)13-5-3-2-4-6-13/h2-6,12,14,16H,7-11,15H2,1H3/t12-,14+/m0/s1. The smallest absolute Gasteiger partial charge is 0.0333 e. The van der Waals surface area contributed by atoms with Crippen LogP contribution in [0.15, 0.2) is 30.3 Å². The summed E-state index contributed by atoms with van der Waals surface area (Å²) in [4.78, 5) is 2.50. The quantitative estimate of drug-likeness (QED) is 0.822. The van der Waals surface area contributed by atoms with Crippen LogP contribution in [-0.4, -0.2) is 37.6 Å². The molecule has 3 nitrogen and oxygen atoms in total. The Labute approximate surface area is 104 Å². The summed E-state index contributed by atoms with van der Waals surface area (Å²) >= 11 is 0. The SMILES string of the molecule is C[C@@H](CN1CCNCC1)[C@@H](N)c1ccccc1. The highest BCUT2D eigenvalue weighted by atomic mass is 15.2. The Morgan fingerprint density at radius 3 is 2.53 bits per heavy atom. The zero-order chi connectivity index (χ0) is 12.1. The average molecular weight is 233 g/mol. The Kier molecular flexibility index (Phi) is 4.54. The first kappa shape index (κ1) is 12.6. The molecule has 1 aliphatic heterocycles. The number of hydrogen-bond acceptors (Lipinski definition) is 3. The summed E-state index contributed by atoms with van der Waals surface area (Å²) in [5.74, 6) is 0.496. The topological polar surface area (TPSA) is 41.3 Å². The third-order valence-corrected chi connectivity index (χ3v) is 3.55. The number of hydrogen-bond donors (Lipinski definition) is 2. The molecule has 0 unspecified atom stereocenters. The molecular formula is C14H23N3. The molecule has 3 N–H and O–H groups in total. The van der Waals surface area contributed by atoms with Gasteiger partial charge in [-0.3, -0.25) is 0 Å². The predicted octanol–water partition coefficient (Wildman–Crippen LogP) is 1.23. The van der Waals surface area contributed by atoms with Gasteiger partial charge in [0.2, 0.25) is 0 Å². The van der Waals surface area contributed by atoms with Crippen LogP contribution >= 0.6 is 0 Å². The molecule has 0 aromatic heterocycles. The molecular weight excluding hydrogens is 210 g/mol. The number of piperazine rings is 1. The average Bonchev–Trinajstić information content (AvgIpc) is 2.40. The highest BCUT2D eigenvalue weighted by Gasteiger charge is 2.19. The number of nitrogens with two attached hydrogens (primary N) is 1. The molecule has 1 heterocycles. The minimum atomic E-state index is 0.145. The Morgan fingerprint density at radius 2 is 1.88 bits per heavy atom. The summed E-state index contributed by atoms with van der Waals surface area (Å²) in [7, 11) is 0. The lowest BCUT2D eigenvalue weighted by molar-refractivity contribution is 0.199. The van der Waals surface area contributed by atoms with Crippen molar-refractivity contribution < 1.29 is 0 Å². The Balaban J connectivity index is 1.88. The van der Waals surface area contributed by atoms with E-state index in [2.05, 4.69) is 41.4 Å². The van der Waals surface area contributed by atoms with Gasteiger partial charge in [-0.15, -0.1) is 0 Å². The molecule has 1 aromatic rings. The Bertz CT molecular complexity index is 319. The summed E-state index contributed by atoms with van der Waals surface area (Å²) in [5.41, 5.74) is 7.56. The fourth-order valence-electron chi connectivity index (χ4n) is 2.42. The molecule has 3 heteroatoms. The van der Waals surface area contributed by atoms with Gasteiger partial charge in [-0.2, -0.15) is 0 Å². The van der Waals surface area contributed by atoms with E-state index in [4.69, 9.17) is 5.73 Å². The number of rotatable bonds is 4. The van der Waals surface area contributed by atoms with Crippen molar-refractivity contribution in [1.82, 2.24) is 10.2 Å². The number of nitrogens with one attached hydrogen (secondary N) is 1. The first-order valence-electron chi connectivity index (χ1n) is 6.51. The maximum atomic E-state index is 6.31. The minimum Gasteiger partial charge on any atom is -0.324 e. The molecule has 1 aromatic carbocycles. The lowest BCUT2D eigenvalue weighted by Crippen LogP contribution is -2.46. The van der Waals surface area contributed by atoms with Crippen LogP contribution in [-0.2, 0) is 0 Å². The fraction of sp³-hybridized carbons (Fsp3) is 0.571. The summed E-state index contributed by atoms with van der Waals surface area (Å²) in [5, 5.41) is 3.38. The van der Waals surface area contributed by atoms with Gasteiger partial charge in [-0.25, -0.2) is 0 Å². The molecule has 0 saturated carbocycles. The molecule has 2 rings (SSSR count). The molecule has 1 fully saturated rings. The van der Waals surface area contributed by atoms with Gasteiger partial charge in [-0.1, -0.05) is 37.3 Å². The maximum Gasteiger partial charge on any atom is 0.0333 e. The van der Waals surface area contributed by atoms with Crippen molar-refractivity contribution in [3.05, 3.63) is 35.9 Å². The third-order valence-electron chi connectivity index (χ3n) is 3.55. The van der Waals surface area contributed by atoms with Crippen molar-refractivity contribution in [2.45, 2.75) is 13.0 Å². The maximum absolute atomic E-state index is 6.31. The molecule has 0 bridgehead atoms. The summed E-state index contributed by atoms with van der Waals surface area (Å²) in [6.07, 6.45) is 0. The van der Waals surface area contributed by atoms with Crippen molar-refractivity contribution in [2.75, 3.05) is 32.7 Å². The zero-order valence-corrected chi connectivity index (χ0v) is 10.6. The lowest BCUT2D eigenvalue weighted by Gasteiger charge is -2.31. The van der Waals surface area contributed by atoms with Crippen LogP contribution in [0.1, 0.15) is 18.5 Å². The summed E-state index contributed by atoms with van der Waals surface area (Å²) in [6, 6.07) is 10.6. The molecule has 0 amide bonds. The van der Waals surface area contributed by atoms with Gasteiger partial charge in [0.05, 0.1) is 0 Å². The van der Waals surface area contributed by atoms with Gasteiger partial charge in [0.15, 0.2) is 0 Å². The van der Waals surface area contributed by atoms with Crippen molar-refractivity contribution in [2.24, 2.45) is 11.7 Å². The van der Waals surface area contributed by atoms with E-state index < -0.39 is 0 Å². The van der Waals surface area contributed by atoms with Crippen LogP contribution in [0.5, 0.6) is 0 Å². The normalized spacial score (nSPS) is 21.1. The second-order valence-corrected chi connectivity index (χ2v) is 4.96. The van der Waals surface area contributed by atoms with E-state index in [9.17, 15) is 0 Å². The van der Waals surface area contributed by atoms with Gasteiger partial charge in [-0.05, 0) is 11.5 Å². The molecule has 94 valence electrons. The van der Waals surface area contributed by atoms with Gasteiger partial charge >= 0.3 is 0 Å². The van der Waals surface area contributed by atoms with Crippen LogP contribution < -0.4 is 11.1 Å². The number of nitrogens with zero attached hydrogens (tertiary/aromatic N) is 1. The fourth-order valence-corrected chi connectivity index (χ4v) is 2.42. The van der Waals surface area contributed by atoms with Crippen LogP contribution in [0, 0.1) is 5.92 Å². The first-order valence-corrected chi connectivity index (χ1v) is 6.51. The largest absolute Gasteiger partial charge is 0.324 e. The van der Waals surface area contributed by atoms with Crippen molar-refractivity contribution >= 4 is 0 Å². The van der Waals surface area contributed by atoms with Crippen LogP contribution in [0.25, 0.3) is 0 Å². The van der Waals surface area contributed by atoms with E-state index in [1.165, 1.54) is 5.56 Å².